The highest BCUT2D eigenvalue weighted by Gasteiger charge is 2.30. The van der Waals surface area contributed by atoms with E-state index in [4.69, 9.17) is 26.2 Å². The van der Waals surface area contributed by atoms with Crippen molar-refractivity contribution in [3.8, 4) is 16.9 Å². The zero-order chi connectivity index (χ0) is 33.2. The highest BCUT2D eigenvalue weighted by atomic mass is 35.5. The molecule has 2 aromatic heterocycles. The lowest BCUT2D eigenvalue weighted by Gasteiger charge is -2.21. The van der Waals surface area contributed by atoms with Crippen molar-refractivity contribution in [1.29, 1.82) is 0 Å². The zero-order valence-electron chi connectivity index (χ0n) is 26.8. The van der Waals surface area contributed by atoms with Gasteiger partial charge < -0.3 is 14.0 Å². The van der Waals surface area contributed by atoms with Crippen LogP contribution in [-0.4, -0.2) is 57.9 Å². The van der Waals surface area contributed by atoms with Crippen molar-refractivity contribution in [1.82, 2.24) is 19.2 Å². The number of ether oxygens (including phenoxy) is 2. The molecule has 3 aromatic carbocycles. The molecule has 11 heteroatoms. The average Bonchev–Trinajstić information content (AvgIpc) is 3.48. The molecule has 5 aromatic rings. The number of hydrogen-bond acceptors (Lipinski definition) is 5. The summed E-state index contributed by atoms with van der Waals surface area (Å²) in [4.78, 5) is 15.5. The van der Waals surface area contributed by atoms with Gasteiger partial charge in [0, 0.05) is 47.7 Å². The molecule has 47 heavy (non-hydrogen) atoms. The standard InChI is InChI=1S/C36H38ClF3N4O3/c1-4-46-36(45)35-26(10-8-18-47-30-11-7-9-23-19-24(38)12-13-25(23)30)27-14-15-28(37)33-32-22(2)42(3)41-29(32)20-43(21-31(39)40)16-5-6-17-44(35)34(27)33/h7,9,11-15,19,31H,4-6,8,10,16-18,20-21H2,1-3H3. The second kappa shape index (κ2) is 14.0. The molecule has 3 heterocycles. The van der Waals surface area contributed by atoms with E-state index in [-0.39, 0.29) is 25.5 Å². The second-order valence-electron chi connectivity index (χ2n) is 12.0. The van der Waals surface area contributed by atoms with Crippen LogP contribution in [0.25, 0.3) is 32.8 Å². The van der Waals surface area contributed by atoms with Crippen LogP contribution in [0.3, 0.4) is 0 Å². The number of carbonyl (C=O) groups is 1. The molecule has 0 spiro atoms. The highest BCUT2D eigenvalue weighted by molar-refractivity contribution is 6.35. The van der Waals surface area contributed by atoms with Gasteiger partial charge in [-0.3, -0.25) is 9.58 Å². The van der Waals surface area contributed by atoms with E-state index in [1.165, 1.54) is 12.1 Å². The molecule has 0 fully saturated rings. The SMILES string of the molecule is CCOC(=O)c1c(CCCOc2cccc3cc(F)ccc23)c2ccc(Cl)c3c2n1CCCCN(CC(F)F)Cc1nn(C)c(C)c1-3. The number of nitrogens with zero attached hydrogens (tertiary/aromatic N) is 4. The van der Waals surface area contributed by atoms with Gasteiger partial charge in [-0.15, -0.1) is 0 Å². The summed E-state index contributed by atoms with van der Waals surface area (Å²) in [6.45, 7) is 5.16. The van der Waals surface area contributed by atoms with Crippen LogP contribution in [0.1, 0.15) is 53.6 Å². The van der Waals surface area contributed by atoms with Crippen molar-refractivity contribution in [3.05, 3.63) is 82.0 Å². The van der Waals surface area contributed by atoms with E-state index < -0.39 is 12.4 Å². The largest absolute Gasteiger partial charge is 0.493 e. The fraction of sp³-hybridized carbons (Fsp3) is 0.389. The topological polar surface area (TPSA) is 61.5 Å². The first kappa shape index (κ1) is 32.9. The molecule has 0 saturated carbocycles. The van der Waals surface area contributed by atoms with E-state index in [0.29, 0.717) is 67.5 Å². The lowest BCUT2D eigenvalue weighted by atomic mass is 9.98. The second-order valence-corrected chi connectivity index (χ2v) is 12.4. The quantitative estimate of drug-likeness (QED) is 0.117. The predicted molar refractivity (Wildman–Crippen MR) is 178 cm³/mol. The molecular weight excluding hydrogens is 629 g/mol. The van der Waals surface area contributed by atoms with Crippen LogP contribution in [0.5, 0.6) is 5.75 Å². The van der Waals surface area contributed by atoms with Crippen molar-refractivity contribution < 1.29 is 27.4 Å². The van der Waals surface area contributed by atoms with E-state index in [2.05, 4.69) is 0 Å². The molecule has 0 saturated heterocycles. The number of rotatable bonds is 9. The first-order valence-electron chi connectivity index (χ1n) is 16.0. The first-order valence-corrected chi connectivity index (χ1v) is 16.4. The molecule has 0 unspecified atom stereocenters. The van der Waals surface area contributed by atoms with Crippen LogP contribution in [0.2, 0.25) is 5.02 Å². The zero-order valence-corrected chi connectivity index (χ0v) is 27.5. The number of benzene rings is 3. The Labute approximate surface area is 276 Å². The van der Waals surface area contributed by atoms with E-state index in [9.17, 15) is 18.0 Å². The lowest BCUT2D eigenvalue weighted by molar-refractivity contribution is 0.0512. The van der Waals surface area contributed by atoms with Gasteiger partial charge in [-0.1, -0.05) is 29.8 Å². The summed E-state index contributed by atoms with van der Waals surface area (Å²) in [5.41, 5.74) is 5.17. The van der Waals surface area contributed by atoms with Gasteiger partial charge in [0.25, 0.3) is 6.43 Å². The van der Waals surface area contributed by atoms with E-state index in [0.717, 1.165) is 44.1 Å². The maximum Gasteiger partial charge on any atom is 0.355 e. The van der Waals surface area contributed by atoms with Gasteiger partial charge in [0.15, 0.2) is 0 Å². The number of hydrogen-bond donors (Lipinski definition) is 0. The van der Waals surface area contributed by atoms with Gasteiger partial charge in [0.1, 0.15) is 17.3 Å². The van der Waals surface area contributed by atoms with Crippen LogP contribution < -0.4 is 4.74 Å². The molecule has 6 rings (SSSR count). The Kier molecular flexibility index (Phi) is 9.80. The third-order valence-corrected chi connectivity index (χ3v) is 9.22. The minimum atomic E-state index is -2.47. The molecule has 1 aliphatic heterocycles. The predicted octanol–water partition coefficient (Wildman–Crippen LogP) is 8.35. The Balaban J connectivity index is 1.43. The monoisotopic (exact) mass is 666 g/mol. The molecule has 0 aliphatic carbocycles. The normalized spacial score (nSPS) is 14.0. The number of alkyl halides is 2. The minimum Gasteiger partial charge on any atom is -0.493 e. The fourth-order valence-electron chi connectivity index (χ4n) is 6.78. The lowest BCUT2D eigenvalue weighted by Crippen LogP contribution is -2.30. The Morgan fingerprint density at radius 2 is 1.85 bits per heavy atom. The number of carbonyl (C=O) groups excluding carboxylic acids is 1. The Morgan fingerprint density at radius 1 is 1.06 bits per heavy atom. The number of halogens is 4. The van der Waals surface area contributed by atoms with Gasteiger partial charge in [-0.05, 0) is 87.4 Å². The number of aromatic nitrogens is 3. The molecule has 248 valence electrons. The minimum absolute atomic E-state index is 0.215. The van der Waals surface area contributed by atoms with Crippen molar-refractivity contribution >= 4 is 39.2 Å². The summed E-state index contributed by atoms with van der Waals surface area (Å²) in [7, 11) is 1.83. The molecule has 0 N–H and O–H groups in total. The third-order valence-electron chi connectivity index (χ3n) is 8.91. The number of esters is 1. The van der Waals surface area contributed by atoms with Gasteiger partial charge in [0.05, 0.1) is 36.0 Å². The molecule has 7 nitrogen and oxygen atoms in total. The molecule has 0 bridgehead atoms. The Hall–Kier alpha value is -4.02. The maximum absolute atomic E-state index is 13.8. The summed E-state index contributed by atoms with van der Waals surface area (Å²) < 4.78 is 56.5. The Bertz CT molecular complexity index is 1940. The third kappa shape index (κ3) is 6.58. The molecule has 0 radical (unpaired) electrons. The van der Waals surface area contributed by atoms with E-state index >= 15 is 0 Å². The van der Waals surface area contributed by atoms with Gasteiger partial charge in [-0.25, -0.2) is 18.0 Å². The van der Waals surface area contributed by atoms with Crippen molar-refractivity contribution in [3.63, 3.8) is 0 Å². The van der Waals surface area contributed by atoms with Gasteiger partial charge >= 0.3 is 5.97 Å². The summed E-state index contributed by atoms with van der Waals surface area (Å²) in [6, 6.07) is 14.0. The highest BCUT2D eigenvalue weighted by Crippen LogP contribution is 2.43. The van der Waals surface area contributed by atoms with Gasteiger partial charge in [-0.2, -0.15) is 5.10 Å². The fourth-order valence-corrected chi connectivity index (χ4v) is 7.03. The smallest absolute Gasteiger partial charge is 0.355 e. The molecule has 0 amide bonds. The van der Waals surface area contributed by atoms with Crippen LogP contribution in [0.15, 0.2) is 48.5 Å². The number of aryl methyl sites for hydroxylation is 3. The summed E-state index contributed by atoms with van der Waals surface area (Å²) >= 11 is 7.01. The Morgan fingerprint density at radius 3 is 2.64 bits per heavy atom. The van der Waals surface area contributed by atoms with Crippen molar-refractivity contribution in [2.45, 2.75) is 59.0 Å². The van der Waals surface area contributed by atoms with Gasteiger partial charge in [0.2, 0.25) is 0 Å². The number of fused-ring (bicyclic) bond motifs is 3. The maximum atomic E-state index is 13.8. The molecular formula is C36H38ClF3N4O3. The van der Waals surface area contributed by atoms with Crippen molar-refractivity contribution in [2.75, 3.05) is 26.3 Å². The first-order chi connectivity index (χ1) is 22.7. The molecule has 0 atom stereocenters. The van der Waals surface area contributed by atoms with E-state index in [1.54, 1.807) is 22.6 Å². The summed E-state index contributed by atoms with van der Waals surface area (Å²) in [5, 5.41) is 7.72. The van der Waals surface area contributed by atoms with Crippen LogP contribution in [0.4, 0.5) is 13.2 Å². The van der Waals surface area contributed by atoms with Crippen molar-refractivity contribution in [2.24, 2.45) is 7.05 Å². The van der Waals surface area contributed by atoms with Crippen LogP contribution in [-0.2, 0) is 31.3 Å². The van der Waals surface area contributed by atoms with Crippen LogP contribution in [0, 0.1) is 12.7 Å². The molecule has 1 aliphatic rings. The average molecular weight is 667 g/mol. The van der Waals surface area contributed by atoms with Crippen LogP contribution >= 0.6 is 11.6 Å². The summed E-state index contributed by atoms with van der Waals surface area (Å²) in [6.07, 6.45) is -0.0277. The summed E-state index contributed by atoms with van der Waals surface area (Å²) in [5.74, 6) is -0.0586. The van der Waals surface area contributed by atoms with E-state index in [1.807, 2.05) is 48.9 Å².